The van der Waals surface area contributed by atoms with E-state index in [0.717, 1.165) is 28.2 Å². The number of H-pyrrole nitrogens is 1. The van der Waals surface area contributed by atoms with Gasteiger partial charge in [-0.05, 0) is 24.1 Å². The molecule has 2 heterocycles. The van der Waals surface area contributed by atoms with E-state index in [1.807, 2.05) is 43.5 Å². The van der Waals surface area contributed by atoms with E-state index in [2.05, 4.69) is 38.9 Å². The highest BCUT2D eigenvalue weighted by molar-refractivity contribution is 5.66. The minimum atomic E-state index is 0.691. The first-order valence-corrected chi connectivity index (χ1v) is 6.35. The van der Waals surface area contributed by atoms with Crippen molar-refractivity contribution >= 4 is 6.08 Å². The lowest BCUT2D eigenvalue weighted by Gasteiger charge is -2.03. The van der Waals surface area contributed by atoms with Crippen LogP contribution in [0.5, 0.6) is 0 Å². The van der Waals surface area contributed by atoms with Gasteiger partial charge in [-0.1, -0.05) is 43.0 Å². The Kier molecular flexibility index (Phi) is 3.13. The van der Waals surface area contributed by atoms with Crippen molar-refractivity contribution in [3.05, 3.63) is 60.6 Å². The SMILES string of the molecule is C=Cc1ccc(-c2ccc(-c3nnc(C)[nH]3)nc2)cc1. The minimum Gasteiger partial charge on any atom is -0.324 e. The Hall–Kier alpha value is -2.75. The first kappa shape index (κ1) is 12.3. The van der Waals surface area contributed by atoms with Crippen LogP contribution in [0.2, 0.25) is 0 Å². The molecular weight excluding hydrogens is 248 g/mol. The van der Waals surface area contributed by atoms with Crippen molar-refractivity contribution in [2.75, 3.05) is 0 Å². The van der Waals surface area contributed by atoms with Crippen molar-refractivity contribution < 1.29 is 0 Å². The molecule has 0 aliphatic carbocycles. The Morgan fingerprint density at radius 2 is 1.75 bits per heavy atom. The lowest BCUT2D eigenvalue weighted by atomic mass is 10.1. The minimum absolute atomic E-state index is 0.691. The average Bonchev–Trinajstić information content (AvgIpc) is 2.94. The number of nitrogens with one attached hydrogen (secondary N) is 1. The number of aromatic amines is 1. The molecule has 4 nitrogen and oxygen atoms in total. The Bertz CT molecular complexity index is 724. The zero-order valence-electron chi connectivity index (χ0n) is 11.2. The van der Waals surface area contributed by atoms with Gasteiger partial charge in [0.05, 0.1) is 0 Å². The van der Waals surface area contributed by atoms with Crippen molar-refractivity contribution in [2.24, 2.45) is 0 Å². The van der Waals surface area contributed by atoms with Crippen molar-refractivity contribution in [3.8, 4) is 22.6 Å². The molecule has 0 aliphatic heterocycles. The molecule has 0 saturated heterocycles. The summed E-state index contributed by atoms with van der Waals surface area (Å²) in [5.41, 5.74) is 4.09. The maximum Gasteiger partial charge on any atom is 0.179 e. The Morgan fingerprint density at radius 3 is 2.30 bits per heavy atom. The van der Waals surface area contributed by atoms with Gasteiger partial charge < -0.3 is 4.98 Å². The van der Waals surface area contributed by atoms with Crippen LogP contribution in [0.4, 0.5) is 0 Å². The molecule has 98 valence electrons. The predicted octanol–water partition coefficient (Wildman–Crippen LogP) is 3.49. The van der Waals surface area contributed by atoms with Crippen molar-refractivity contribution in [3.63, 3.8) is 0 Å². The van der Waals surface area contributed by atoms with E-state index in [1.54, 1.807) is 0 Å². The van der Waals surface area contributed by atoms with Crippen molar-refractivity contribution in [1.29, 1.82) is 0 Å². The van der Waals surface area contributed by atoms with Crippen LogP contribution in [0.25, 0.3) is 28.7 Å². The van der Waals surface area contributed by atoms with Crippen molar-refractivity contribution in [2.45, 2.75) is 6.92 Å². The second-order valence-corrected chi connectivity index (χ2v) is 4.52. The fraction of sp³-hybridized carbons (Fsp3) is 0.0625. The van der Waals surface area contributed by atoms with Crippen molar-refractivity contribution in [1.82, 2.24) is 20.2 Å². The largest absolute Gasteiger partial charge is 0.324 e. The summed E-state index contributed by atoms with van der Waals surface area (Å²) >= 11 is 0. The van der Waals surface area contributed by atoms with E-state index < -0.39 is 0 Å². The Balaban J connectivity index is 1.90. The number of pyridine rings is 1. The zero-order valence-corrected chi connectivity index (χ0v) is 11.2. The van der Waals surface area contributed by atoms with E-state index in [0.29, 0.717) is 5.82 Å². The second-order valence-electron chi connectivity index (χ2n) is 4.52. The molecule has 0 aliphatic rings. The van der Waals surface area contributed by atoms with E-state index in [-0.39, 0.29) is 0 Å². The summed E-state index contributed by atoms with van der Waals surface area (Å²) in [5.74, 6) is 1.47. The summed E-state index contributed by atoms with van der Waals surface area (Å²) < 4.78 is 0. The fourth-order valence-corrected chi connectivity index (χ4v) is 1.98. The summed E-state index contributed by atoms with van der Waals surface area (Å²) in [4.78, 5) is 7.50. The van der Waals surface area contributed by atoms with Crippen LogP contribution in [-0.4, -0.2) is 20.2 Å². The van der Waals surface area contributed by atoms with Crippen LogP contribution in [0.1, 0.15) is 11.4 Å². The Morgan fingerprint density at radius 1 is 1.00 bits per heavy atom. The second kappa shape index (κ2) is 5.09. The molecule has 2 aromatic heterocycles. The van der Waals surface area contributed by atoms with E-state index in [4.69, 9.17) is 0 Å². The summed E-state index contributed by atoms with van der Waals surface area (Å²) in [5, 5.41) is 7.97. The fourth-order valence-electron chi connectivity index (χ4n) is 1.98. The van der Waals surface area contributed by atoms with Gasteiger partial charge in [-0.3, -0.25) is 4.98 Å². The highest BCUT2D eigenvalue weighted by atomic mass is 15.2. The summed E-state index contributed by atoms with van der Waals surface area (Å²) in [6.45, 7) is 5.62. The molecule has 0 unspecified atom stereocenters. The number of benzene rings is 1. The predicted molar refractivity (Wildman–Crippen MR) is 79.9 cm³/mol. The van der Waals surface area contributed by atoms with Crippen LogP contribution in [0.15, 0.2) is 49.2 Å². The van der Waals surface area contributed by atoms with Gasteiger partial charge in [0, 0.05) is 11.8 Å². The number of rotatable bonds is 3. The van der Waals surface area contributed by atoms with E-state index in [1.165, 1.54) is 0 Å². The molecule has 3 aromatic rings. The summed E-state index contributed by atoms with van der Waals surface area (Å²) in [6, 6.07) is 12.2. The molecule has 3 rings (SSSR count). The first-order chi connectivity index (χ1) is 9.76. The molecule has 1 aromatic carbocycles. The van der Waals surface area contributed by atoms with Crippen LogP contribution >= 0.6 is 0 Å². The average molecular weight is 262 g/mol. The number of hydrogen-bond donors (Lipinski definition) is 1. The van der Waals surface area contributed by atoms with E-state index >= 15 is 0 Å². The van der Waals surface area contributed by atoms with Gasteiger partial charge in [0.1, 0.15) is 11.5 Å². The molecule has 20 heavy (non-hydrogen) atoms. The normalized spacial score (nSPS) is 10.4. The molecule has 0 amide bonds. The van der Waals surface area contributed by atoms with Gasteiger partial charge in [0.15, 0.2) is 5.82 Å². The van der Waals surface area contributed by atoms with Gasteiger partial charge in [-0.15, -0.1) is 10.2 Å². The molecule has 0 spiro atoms. The van der Waals surface area contributed by atoms with Crippen LogP contribution in [0, 0.1) is 6.92 Å². The summed E-state index contributed by atoms with van der Waals surface area (Å²) in [7, 11) is 0. The van der Waals surface area contributed by atoms with E-state index in [9.17, 15) is 0 Å². The van der Waals surface area contributed by atoms with Gasteiger partial charge in [-0.25, -0.2) is 0 Å². The Labute approximate surface area is 117 Å². The molecule has 0 atom stereocenters. The summed E-state index contributed by atoms with van der Waals surface area (Å²) in [6.07, 6.45) is 3.67. The standard InChI is InChI=1S/C16H14N4/c1-3-12-4-6-13(7-5-12)14-8-9-15(17-10-14)16-18-11(2)19-20-16/h3-10H,1H2,2H3,(H,18,19,20). The molecule has 1 N–H and O–H groups in total. The van der Waals surface area contributed by atoms with Crippen LogP contribution < -0.4 is 0 Å². The van der Waals surface area contributed by atoms with Crippen LogP contribution in [0.3, 0.4) is 0 Å². The number of nitrogens with zero attached hydrogens (tertiary/aromatic N) is 3. The first-order valence-electron chi connectivity index (χ1n) is 6.35. The highest BCUT2D eigenvalue weighted by Crippen LogP contribution is 2.21. The topological polar surface area (TPSA) is 54.5 Å². The highest BCUT2D eigenvalue weighted by Gasteiger charge is 2.05. The number of aromatic nitrogens is 4. The maximum atomic E-state index is 4.43. The van der Waals surface area contributed by atoms with Gasteiger partial charge in [0.2, 0.25) is 0 Å². The molecule has 0 fully saturated rings. The number of aryl methyl sites for hydroxylation is 1. The third-order valence-corrected chi connectivity index (χ3v) is 3.09. The molecular formula is C16H14N4. The van der Waals surface area contributed by atoms with Crippen LogP contribution in [-0.2, 0) is 0 Å². The molecule has 4 heteroatoms. The van der Waals surface area contributed by atoms with Gasteiger partial charge in [-0.2, -0.15) is 0 Å². The third kappa shape index (κ3) is 2.36. The lowest BCUT2D eigenvalue weighted by molar-refractivity contribution is 1.04. The number of hydrogen-bond acceptors (Lipinski definition) is 3. The van der Waals surface area contributed by atoms with Gasteiger partial charge in [0.25, 0.3) is 0 Å². The molecule has 0 radical (unpaired) electrons. The monoisotopic (exact) mass is 262 g/mol. The maximum absolute atomic E-state index is 4.43. The third-order valence-electron chi connectivity index (χ3n) is 3.09. The zero-order chi connectivity index (χ0) is 13.9. The quantitative estimate of drug-likeness (QED) is 0.786. The van der Waals surface area contributed by atoms with Gasteiger partial charge >= 0.3 is 0 Å². The lowest BCUT2D eigenvalue weighted by Crippen LogP contribution is -1.87. The molecule has 0 bridgehead atoms. The molecule has 0 saturated carbocycles. The smallest absolute Gasteiger partial charge is 0.179 e.